The van der Waals surface area contributed by atoms with E-state index in [1.807, 2.05) is 13.8 Å². The molecule has 0 aliphatic carbocycles. The van der Waals surface area contributed by atoms with Crippen molar-refractivity contribution in [3.8, 4) is 5.75 Å². The summed E-state index contributed by atoms with van der Waals surface area (Å²) in [6.45, 7) is 3.93. The molecule has 1 rings (SSSR count). The molecule has 4 N–H and O–H groups in total. The average molecular weight is 316 g/mol. The summed E-state index contributed by atoms with van der Waals surface area (Å²) in [4.78, 5) is 0.0605. The molecule has 120 valence electrons. The van der Waals surface area contributed by atoms with Crippen LogP contribution >= 0.6 is 0 Å². The smallest absolute Gasteiger partial charge is 0.240 e. The van der Waals surface area contributed by atoms with Gasteiger partial charge in [0.15, 0.2) is 0 Å². The zero-order valence-corrected chi connectivity index (χ0v) is 13.5. The standard InChI is InChI=1S/C14H24N2O4S/c1-4-10(5-2)13(17)9-16-21(18,19)11-6-7-12(15)14(8-11)20-3/h6-8,10,13,16-17H,4-5,9,15H2,1-3H3. The van der Waals surface area contributed by atoms with Gasteiger partial charge < -0.3 is 15.6 Å². The van der Waals surface area contributed by atoms with Crippen LogP contribution in [0.4, 0.5) is 5.69 Å². The van der Waals surface area contributed by atoms with Gasteiger partial charge in [0, 0.05) is 12.6 Å². The largest absolute Gasteiger partial charge is 0.495 e. The number of anilines is 1. The Kier molecular flexibility index (Phi) is 6.44. The van der Waals surface area contributed by atoms with E-state index < -0.39 is 16.1 Å². The summed E-state index contributed by atoms with van der Waals surface area (Å²) < 4.78 is 31.8. The van der Waals surface area contributed by atoms with Gasteiger partial charge in [-0.2, -0.15) is 0 Å². The van der Waals surface area contributed by atoms with Crippen LogP contribution in [-0.4, -0.2) is 33.3 Å². The number of methoxy groups -OCH3 is 1. The molecular formula is C14H24N2O4S. The number of rotatable bonds is 8. The molecule has 1 aromatic carbocycles. The van der Waals surface area contributed by atoms with Crippen LogP contribution in [0.5, 0.6) is 5.75 Å². The summed E-state index contributed by atoms with van der Waals surface area (Å²) in [6, 6.07) is 4.25. The van der Waals surface area contributed by atoms with Crippen LogP contribution < -0.4 is 15.2 Å². The van der Waals surface area contributed by atoms with Crippen molar-refractivity contribution in [3.63, 3.8) is 0 Å². The number of nitrogen functional groups attached to an aromatic ring is 1. The summed E-state index contributed by atoms with van der Waals surface area (Å²) in [5.74, 6) is 0.382. The highest BCUT2D eigenvalue weighted by atomic mass is 32.2. The first-order chi connectivity index (χ1) is 9.85. The molecule has 7 heteroatoms. The summed E-state index contributed by atoms with van der Waals surface area (Å²) in [7, 11) is -2.28. The second kappa shape index (κ2) is 7.63. The third-order valence-electron chi connectivity index (χ3n) is 3.59. The minimum absolute atomic E-state index is 0.0125. The van der Waals surface area contributed by atoms with Gasteiger partial charge in [0.05, 0.1) is 23.8 Å². The first-order valence-corrected chi connectivity index (χ1v) is 8.45. The zero-order valence-electron chi connectivity index (χ0n) is 12.7. The number of aliphatic hydroxyl groups is 1. The van der Waals surface area contributed by atoms with Crippen LogP contribution in [0, 0.1) is 5.92 Å². The second-order valence-electron chi connectivity index (χ2n) is 4.90. The van der Waals surface area contributed by atoms with E-state index in [1.165, 1.54) is 25.3 Å². The quantitative estimate of drug-likeness (QED) is 0.628. The highest BCUT2D eigenvalue weighted by Gasteiger charge is 2.20. The summed E-state index contributed by atoms with van der Waals surface area (Å²) >= 11 is 0. The Bertz CT molecular complexity index is 556. The van der Waals surface area contributed by atoms with Gasteiger partial charge in [-0.25, -0.2) is 13.1 Å². The fraction of sp³-hybridized carbons (Fsp3) is 0.571. The van der Waals surface area contributed by atoms with Crippen LogP contribution in [0.3, 0.4) is 0 Å². The Morgan fingerprint density at radius 3 is 2.48 bits per heavy atom. The van der Waals surface area contributed by atoms with E-state index in [1.54, 1.807) is 0 Å². The molecule has 0 aliphatic rings. The number of sulfonamides is 1. The number of nitrogens with two attached hydrogens (primary N) is 1. The van der Waals surface area contributed by atoms with Crippen LogP contribution in [0.1, 0.15) is 26.7 Å². The average Bonchev–Trinajstić information content (AvgIpc) is 2.46. The SMILES string of the molecule is CCC(CC)C(O)CNS(=O)(=O)c1ccc(N)c(OC)c1. The van der Waals surface area contributed by atoms with Crippen LogP contribution in [0.2, 0.25) is 0 Å². The van der Waals surface area contributed by atoms with E-state index in [-0.39, 0.29) is 17.4 Å². The van der Waals surface area contributed by atoms with Gasteiger partial charge in [-0.1, -0.05) is 26.7 Å². The van der Waals surface area contributed by atoms with E-state index in [0.717, 1.165) is 12.8 Å². The molecule has 0 radical (unpaired) electrons. The highest BCUT2D eigenvalue weighted by Crippen LogP contribution is 2.24. The Morgan fingerprint density at radius 2 is 1.95 bits per heavy atom. The molecule has 1 unspecified atom stereocenters. The molecule has 21 heavy (non-hydrogen) atoms. The third kappa shape index (κ3) is 4.59. The summed E-state index contributed by atoms with van der Waals surface area (Å²) in [5, 5.41) is 9.99. The molecule has 1 aromatic rings. The highest BCUT2D eigenvalue weighted by molar-refractivity contribution is 7.89. The fourth-order valence-electron chi connectivity index (χ4n) is 2.14. The minimum atomic E-state index is -3.70. The van der Waals surface area contributed by atoms with Crippen molar-refractivity contribution in [1.29, 1.82) is 0 Å². The zero-order chi connectivity index (χ0) is 16.0. The molecule has 0 bridgehead atoms. The lowest BCUT2D eigenvalue weighted by Crippen LogP contribution is -2.36. The van der Waals surface area contributed by atoms with Crippen molar-refractivity contribution in [3.05, 3.63) is 18.2 Å². The fourth-order valence-corrected chi connectivity index (χ4v) is 3.20. The normalized spacial score (nSPS) is 13.4. The number of benzene rings is 1. The lowest BCUT2D eigenvalue weighted by Gasteiger charge is -2.20. The van der Waals surface area contributed by atoms with Crippen molar-refractivity contribution >= 4 is 15.7 Å². The van der Waals surface area contributed by atoms with Crippen molar-refractivity contribution in [2.75, 3.05) is 19.4 Å². The van der Waals surface area contributed by atoms with Crippen molar-refractivity contribution in [2.24, 2.45) is 5.92 Å². The van der Waals surface area contributed by atoms with Gasteiger partial charge in [0.1, 0.15) is 5.75 Å². The molecular weight excluding hydrogens is 292 g/mol. The molecule has 0 saturated carbocycles. The molecule has 0 aromatic heterocycles. The molecule has 0 amide bonds. The van der Waals surface area contributed by atoms with E-state index in [4.69, 9.17) is 10.5 Å². The Balaban J connectivity index is 2.82. The van der Waals surface area contributed by atoms with Crippen molar-refractivity contribution in [2.45, 2.75) is 37.7 Å². The maximum Gasteiger partial charge on any atom is 0.240 e. The van der Waals surface area contributed by atoms with E-state index in [9.17, 15) is 13.5 Å². The van der Waals surface area contributed by atoms with E-state index in [2.05, 4.69) is 4.72 Å². The number of hydrogen-bond donors (Lipinski definition) is 3. The molecule has 1 atom stereocenters. The van der Waals surface area contributed by atoms with Gasteiger partial charge in [0.2, 0.25) is 10.0 Å². The third-order valence-corrected chi connectivity index (χ3v) is 5.01. The lowest BCUT2D eigenvalue weighted by atomic mass is 9.97. The minimum Gasteiger partial charge on any atom is -0.495 e. The van der Waals surface area contributed by atoms with Gasteiger partial charge >= 0.3 is 0 Å². The first-order valence-electron chi connectivity index (χ1n) is 6.96. The predicted molar refractivity (Wildman–Crippen MR) is 82.7 cm³/mol. The number of nitrogens with one attached hydrogen (secondary N) is 1. The van der Waals surface area contributed by atoms with Gasteiger partial charge in [0.25, 0.3) is 0 Å². The van der Waals surface area contributed by atoms with E-state index in [0.29, 0.717) is 11.4 Å². The Hall–Kier alpha value is -1.31. The maximum absolute atomic E-state index is 12.2. The van der Waals surface area contributed by atoms with Gasteiger partial charge in [-0.15, -0.1) is 0 Å². The van der Waals surface area contributed by atoms with Crippen molar-refractivity contribution in [1.82, 2.24) is 4.72 Å². The number of aliphatic hydroxyl groups excluding tert-OH is 1. The molecule has 6 nitrogen and oxygen atoms in total. The van der Waals surface area contributed by atoms with Crippen LogP contribution in [0.25, 0.3) is 0 Å². The van der Waals surface area contributed by atoms with Gasteiger partial charge in [-0.05, 0) is 18.1 Å². The lowest BCUT2D eigenvalue weighted by molar-refractivity contribution is 0.107. The number of ether oxygens (including phenoxy) is 1. The Labute approximate surface area is 126 Å². The van der Waals surface area contributed by atoms with Crippen LogP contribution in [-0.2, 0) is 10.0 Å². The summed E-state index contributed by atoms with van der Waals surface area (Å²) in [6.07, 6.45) is 0.898. The predicted octanol–water partition coefficient (Wildman–Crippen LogP) is 1.35. The second-order valence-corrected chi connectivity index (χ2v) is 6.67. The Morgan fingerprint density at radius 1 is 1.33 bits per heavy atom. The monoisotopic (exact) mass is 316 g/mol. The number of hydrogen-bond acceptors (Lipinski definition) is 5. The molecule has 0 spiro atoms. The van der Waals surface area contributed by atoms with E-state index >= 15 is 0 Å². The molecule has 0 heterocycles. The molecule has 0 saturated heterocycles. The molecule has 0 aliphatic heterocycles. The van der Waals surface area contributed by atoms with Crippen LogP contribution in [0.15, 0.2) is 23.1 Å². The summed E-state index contributed by atoms with van der Waals surface area (Å²) in [5.41, 5.74) is 6.03. The molecule has 0 fully saturated rings. The first kappa shape index (κ1) is 17.7. The maximum atomic E-state index is 12.2. The topological polar surface area (TPSA) is 102 Å². The van der Waals surface area contributed by atoms with Gasteiger partial charge in [-0.3, -0.25) is 0 Å². The van der Waals surface area contributed by atoms with Crippen molar-refractivity contribution < 1.29 is 18.3 Å².